The molecule has 408 valence electrons. The monoisotopic (exact) mass is 1080 g/mol. The number of fused-ring (bicyclic) bond motifs is 2. The molecule has 1 aliphatic heterocycles. The molecule has 7 rings (SSSR count). The Morgan fingerprint density at radius 2 is 1.16 bits per heavy atom. The zero-order chi connectivity index (χ0) is 52.8. The van der Waals surface area contributed by atoms with Crippen LogP contribution in [0.15, 0.2) is 69.7 Å². The van der Waals surface area contributed by atoms with Crippen molar-refractivity contribution in [3.05, 3.63) is 106 Å². The molecule has 0 spiro atoms. The zero-order valence-corrected chi connectivity index (χ0v) is 44.7. The van der Waals surface area contributed by atoms with E-state index in [1.807, 2.05) is 18.7 Å². The van der Waals surface area contributed by atoms with Gasteiger partial charge in [-0.05, 0) is 113 Å². The molecule has 1 fully saturated rings. The number of aryl methyl sites for hydroxylation is 2. The fraction of sp³-hybridized carbons (Fsp3) is 0.451. The van der Waals surface area contributed by atoms with E-state index in [0.717, 1.165) is 12.7 Å². The van der Waals surface area contributed by atoms with E-state index in [1.54, 1.807) is 32.0 Å². The standard InChI is InChI=1S/C24H26F4N2O4.C22H22F4N2O4.C5H10O.Na.2H2O/c1-4-7-17-20(11-10-18-21(17)34-29-22(18)24(26,27)28)33-13-6-12-30(3)15-8-9-16(19(25)14-15)23(31)32-5-2;1-3-5-15-18(9-8-16-19(15)32-27-20(16)22(24,25)26)31-11-4-10-28(2)13-6-7-14(21(29)30)17(23)12-13;1-5-3-2-4-6-5;;;/h8-11,14H,4-7,12-13H2,1-3H3;6-9,12H,3-5,10-11H2,1-2H3,(H,29,30);5H,2-4H2,1H3;;2*1H2/q;;;+1;;/p-1. The van der Waals surface area contributed by atoms with Gasteiger partial charge in [-0.25, -0.2) is 18.4 Å². The predicted molar refractivity (Wildman–Crippen MR) is 259 cm³/mol. The van der Waals surface area contributed by atoms with Crippen LogP contribution in [0.2, 0.25) is 0 Å². The Balaban J connectivity index is 0.000000445. The van der Waals surface area contributed by atoms with Gasteiger partial charge in [0.15, 0.2) is 22.6 Å². The Hall–Kier alpha value is -5.72. The number of carboxylic acid groups (broad SMARTS) is 1. The molecular formula is C51H61F8N4NaO11. The van der Waals surface area contributed by atoms with Crippen LogP contribution in [0, 0.1) is 11.6 Å². The number of hydrogen-bond donors (Lipinski definition) is 1. The first-order chi connectivity index (χ1) is 34.2. The van der Waals surface area contributed by atoms with Crippen molar-refractivity contribution < 1.29 is 118 Å². The van der Waals surface area contributed by atoms with Crippen molar-refractivity contribution in [2.45, 2.75) is 97.5 Å². The van der Waals surface area contributed by atoms with Gasteiger partial charge in [0, 0.05) is 56.3 Å². The number of anilines is 2. The molecule has 1 aliphatic rings. The molecule has 15 nitrogen and oxygen atoms in total. The topological polar surface area (TPSA) is 211 Å². The normalized spacial score (nSPS) is 13.0. The van der Waals surface area contributed by atoms with Gasteiger partial charge >= 0.3 is 53.8 Å². The van der Waals surface area contributed by atoms with E-state index in [-0.39, 0.29) is 87.8 Å². The van der Waals surface area contributed by atoms with Gasteiger partial charge in [-0.1, -0.05) is 37.0 Å². The Bertz CT molecular complexity index is 2750. The molecule has 0 aliphatic carbocycles. The fourth-order valence-corrected chi connectivity index (χ4v) is 7.73. The summed E-state index contributed by atoms with van der Waals surface area (Å²) in [5.74, 6) is -2.64. The van der Waals surface area contributed by atoms with Crippen molar-refractivity contribution in [3.8, 4) is 11.5 Å². The van der Waals surface area contributed by atoms with Crippen molar-refractivity contribution in [2.24, 2.45) is 0 Å². The first-order valence-electron chi connectivity index (χ1n) is 23.5. The molecule has 24 heteroatoms. The van der Waals surface area contributed by atoms with E-state index >= 15 is 0 Å². The number of aromatic carboxylic acids is 1. The summed E-state index contributed by atoms with van der Waals surface area (Å²) in [6, 6.07) is 13.8. The number of benzene rings is 4. The summed E-state index contributed by atoms with van der Waals surface area (Å²) in [5, 5.41) is 15.1. The quantitative estimate of drug-likeness (QED) is 0.0348. The Morgan fingerprint density at radius 1 is 0.720 bits per heavy atom. The summed E-state index contributed by atoms with van der Waals surface area (Å²) in [5.41, 5.74) is -0.285. The number of aromatic nitrogens is 2. The smallest absolute Gasteiger partial charge is 0.870 e. The molecule has 4 aromatic carbocycles. The summed E-state index contributed by atoms with van der Waals surface area (Å²) >= 11 is 0. The molecule has 0 saturated carbocycles. The molecule has 3 heterocycles. The van der Waals surface area contributed by atoms with Crippen molar-refractivity contribution >= 4 is 45.3 Å². The van der Waals surface area contributed by atoms with Gasteiger partial charge in [0.05, 0.1) is 47.8 Å². The van der Waals surface area contributed by atoms with Crippen LogP contribution in [0.25, 0.3) is 21.9 Å². The summed E-state index contributed by atoms with van der Waals surface area (Å²) in [6.07, 6.45) is -2.73. The number of carbonyl (C=O) groups excluding carboxylic acids is 1. The fourth-order valence-electron chi connectivity index (χ4n) is 7.73. The Labute approximate surface area is 450 Å². The van der Waals surface area contributed by atoms with Gasteiger partial charge in [-0.3, -0.25) is 0 Å². The third kappa shape index (κ3) is 17.7. The average Bonchev–Trinajstić information content (AvgIpc) is 4.11. The van der Waals surface area contributed by atoms with Crippen LogP contribution < -0.4 is 48.8 Å². The third-order valence-electron chi connectivity index (χ3n) is 11.4. The second kappa shape index (κ2) is 30.1. The number of ether oxygens (including phenoxy) is 4. The number of hydrogen-bond acceptors (Lipinski definition) is 13. The molecule has 0 bridgehead atoms. The van der Waals surface area contributed by atoms with Gasteiger partial charge in [-0.2, -0.15) is 26.3 Å². The molecule has 0 amide bonds. The molecule has 1 unspecified atom stereocenters. The minimum absolute atomic E-state index is 0. The number of esters is 1. The van der Waals surface area contributed by atoms with Crippen LogP contribution in [0.1, 0.15) is 109 Å². The van der Waals surface area contributed by atoms with Gasteiger partial charge in [0.2, 0.25) is 0 Å². The van der Waals surface area contributed by atoms with Crippen LogP contribution in [0.4, 0.5) is 46.5 Å². The Morgan fingerprint density at radius 3 is 1.49 bits per heavy atom. The molecule has 6 aromatic rings. The van der Waals surface area contributed by atoms with Crippen LogP contribution in [0.3, 0.4) is 0 Å². The van der Waals surface area contributed by atoms with Crippen molar-refractivity contribution in [3.63, 3.8) is 0 Å². The number of carbonyl (C=O) groups is 2. The number of nitrogens with zero attached hydrogens (tertiary/aromatic N) is 4. The van der Waals surface area contributed by atoms with E-state index < -0.39 is 52.9 Å². The minimum Gasteiger partial charge on any atom is -0.870 e. The Kier molecular flexibility index (Phi) is 26.3. The molecule has 1 saturated heterocycles. The van der Waals surface area contributed by atoms with Gasteiger partial charge in [-0.15, -0.1) is 0 Å². The zero-order valence-electron chi connectivity index (χ0n) is 42.7. The SMILES string of the molecule is CC1CCCO1.CCCc1c(OCCCN(C)c2ccc(C(=O)O)c(F)c2)ccc2c(C(F)(F)F)noc12.CCCc1c(OCCCN(C)c2ccc(C(=O)OCC)c(F)c2)ccc2c(C(F)(F)F)noc12.O.[Na+].[OH-]. The molecule has 1 atom stereocenters. The second-order valence-corrected chi connectivity index (χ2v) is 16.8. The third-order valence-corrected chi connectivity index (χ3v) is 11.4. The van der Waals surface area contributed by atoms with Crippen LogP contribution in [-0.2, 0) is 34.7 Å². The molecular weight excluding hydrogens is 1020 g/mol. The maximum Gasteiger partial charge on any atom is 1.00 e. The number of carboxylic acids is 1. The molecule has 0 radical (unpaired) electrons. The number of halogens is 8. The first-order valence-corrected chi connectivity index (χ1v) is 23.5. The van der Waals surface area contributed by atoms with E-state index in [9.17, 15) is 44.7 Å². The summed E-state index contributed by atoms with van der Waals surface area (Å²) < 4.78 is 139. The van der Waals surface area contributed by atoms with Crippen molar-refractivity contribution in [1.29, 1.82) is 0 Å². The number of alkyl halides is 6. The van der Waals surface area contributed by atoms with E-state index in [0.29, 0.717) is 91.7 Å². The molecule has 2 aromatic heterocycles. The summed E-state index contributed by atoms with van der Waals surface area (Å²) in [7, 11) is 3.51. The van der Waals surface area contributed by atoms with E-state index in [2.05, 4.69) is 17.2 Å². The van der Waals surface area contributed by atoms with Crippen LogP contribution in [0.5, 0.6) is 11.5 Å². The largest absolute Gasteiger partial charge is 1.00 e. The van der Waals surface area contributed by atoms with Gasteiger partial charge < -0.3 is 53.9 Å². The van der Waals surface area contributed by atoms with Crippen LogP contribution in [-0.4, -0.2) is 98.0 Å². The summed E-state index contributed by atoms with van der Waals surface area (Å²) in [4.78, 5) is 26.2. The van der Waals surface area contributed by atoms with Crippen molar-refractivity contribution in [1.82, 2.24) is 10.3 Å². The maximum absolute atomic E-state index is 14.3. The number of rotatable bonds is 19. The van der Waals surface area contributed by atoms with E-state index in [1.165, 1.54) is 61.4 Å². The van der Waals surface area contributed by atoms with Crippen LogP contribution >= 0.6 is 0 Å². The minimum atomic E-state index is -4.61. The molecule has 4 N–H and O–H groups in total. The molecule has 75 heavy (non-hydrogen) atoms. The average molecular weight is 1080 g/mol. The van der Waals surface area contributed by atoms with Gasteiger partial charge in [0.1, 0.15) is 23.1 Å². The predicted octanol–water partition coefficient (Wildman–Crippen LogP) is 8.75. The van der Waals surface area contributed by atoms with Crippen molar-refractivity contribution in [2.75, 3.05) is 63.4 Å². The second-order valence-electron chi connectivity index (χ2n) is 16.8. The first kappa shape index (κ1) is 65.4. The van der Waals surface area contributed by atoms with E-state index in [4.69, 9.17) is 33.1 Å². The van der Waals surface area contributed by atoms with Gasteiger partial charge in [0.25, 0.3) is 0 Å². The summed E-state index contributed by atoms with van der Waals surface area (Å²) in [6.45, 7) is 10.3. The maximum atomic E-state index is 14.3.